The van der Waals surface area contributed by atoms with Crippen LogP contribution in [0.15, 0.2) is 12.1 Å². The Labute approximate surface area is 105 Å². The van der Waals surface area contributed by atoms with E-state index in [2.05, 4.69) is 0 Å². The predicted octanol–water partition coefficient (Wildman–Crippen LogP) is 2.28. The SMILES string of the molecule is CC1OCCC1N(C)Cc1cc(F)c(O)c(F)c1. The molecular weight excluding hydrogens is 240 g/mol. The Balaban J connectivity index is 2.09. The molecule has 3 nitrogen and oxygen atoms in total. The molecule has 2 atom stereocenters. The Kier molecular flexibility index (Phi) is 3.82. The van der Waals surface area contributed by atoms with Gasteiger partial charge in [0.1, 0.15) is 0 Å². The topological polar surface area (TPSA) is 32.7 Å². The molecule has 0 amide bonds. The number of benzene rings is 1. The van der Waals surface area contributed by atoms with Gasteiger partial charge in [-0.25, -0.2) is 8.78 Å². The molecule has 0 bridgehead atoms. The van der Waals surface area contributed by atoms with Crippen LogP contribution in [0.4, 0.5) is 8.78 Å². The molecule has 1 aromatic rings. The summed E-state index contributed by atoms with van der Waals surface area (Å²) in [5.41, 5.74) is 0.504. The first kappa shape index (κ1) is 13.2. The highest BCUT2D eigenvalue weighted by Gasteiger charge is 2.27. The van der Waals surface area contributed by atoms with E-state index in [4.69, 9.17) is 9.84 Å². The summed E-state index contributed by atoms with van der Waals surface area (Å²) in [6.45, 7) is 3.13. The van der Waals surface area contributed by atoms with Crippen molar-refractivity contribution in [3.05, 3.63) is 29.3 Å². The summed E-state index contributed by atoms with van der Waals surface area (Å²) in [5, 5.41) is 9.03. The van der Waals surface area contributed by atoms with Crippen LogP contribution in [0.5, 0.6) is 5.75 Å². The molecule has 1 saturated heterocycles. The Morgan fingerprint density at radius 3 is 2.50 bits per heavy atom. The van der Waals surface area contributed by atoms with Gasteiger partial charge < -0.3 is 9.84 Å². The van der Waals surface area contributed by atoms with Crippen molar-refractivity contribution >= 4 is 0 Å². The molecule has 2 unspecified atom stereocenters. The fourth-order valence-electron chi connectivity index (χ4n) is 2.41. The van der Waals surface area contributed by atoms with Crippen molar-refractivity contribution in [2.75, 3.05) is 13.7 Å². The largest absolute Gasteiger partial charge is 0.503 e. The third kappa shape index (κ3) is 2.62. The molecule has 1 aromatic carbocycles. The molecule has 0 aliphatic carbocycles. The van der Waals surface area contributed by atoms with Gasteiger partial charge in [0.2, 0.25) is 0 Å². The zero-order chi connectivity index (χ0) is 13.3. The minimum atomic E-state index is -0.922. The Morgan fingerprint density at radius 1 is 1.39 bits per heavy atom. The number of phenols is 1. The zero-order valence-corrected chi connectivity index (χ0v) is 10.5. The van der Waals surface area contributed by atoms with Gasteiger partial charge in [0.25, 0.3) is 0 Å². The maximum Gasteiger partial charge on any atom is 0.187 e. The molecule has 1 aliphatic rings. The second-order valence-corrected chi connectivity index (χ2v) is 4.76. The van der Waals surface area contributed by atoms with Gasteiger partial charge >= 0.3 is 0 Å². The van der Waals surface area contributed by atoms with Crippen LogP contribution in [0.3, 0.4) is 0 Å². The van der Waals surface area contributed by atoms with Gasteiger partial charge in [0.05, 0.1) is 6.10 Å². The summed E-state index contributed by atoms with van der Waals surface area (Å²) in [4.78, 5) is 2.02. The zero-order valence-electron chi connectivity index (χ0n) is 10.5. The standard InChI is InChI=1S/C13H17F2NO2/c1-8-12(3-4-18-8)16(2)7-9-5-10(14)13(17)11(15)6-9/h5-6,8,12,17H,3-4,7H2,1-2H3. The number of hydrogen-bond donors (Lipinski definition) is 1. The van der Waals surface area contributed by atoms with Crippen molar-refractivity contribution in [1.29, 1.82) is 0 Å². The van der Waals surface area contributed by atoms with Gasteiger partial charge in [-0.05, 0) is 38.1 Å². The third-order valence-electron chi connectivity index (χ3n) is 3.41. The fourth-order valence-corrected chi connectivity index (χ4v) is 2.41. The van der Waals surface area contributed by atoms with E-state index < -0.39 is 17.4 Å². The van der Waals surface area contributed by atoms with E-state index in [1.807, 2.05) is 18.9 Å². The van der Waals surface area contributed by atoms with Crippen LogP contribution in [0, 0.1) is 11.6 Å². The van der Waals surface area contributed by atoms with Crippen LogP contribution < -0.4 is 0 Å². The van der Waals surface area contributed by atoms with E-state index in [1.165, 1.54) is 0 Å². The summed E-state index contributed by atoms with van der Waals surface area (Å²) in [7, 11) is 1.90. The summed E-state index contributed by atoms with van der Waals surface area (Å²) in [6, 6.07) is 2.58. The first-order chi connectivity index (χ1) is 8.49. The van der Waals surface area contributed by atoms with Crippen molar-refractivity contribution in [2.45, 2.75) is 32.0 Å². The lowest BCUT2D eigenvalue weighted by molar-refractivity contribution is 0.0813. The second kappa shape index (κ2) is 5.20. The number of nitrogens with zero attached hydrogens (tertiary/aromatic N) is 1. The molecule has 18 heavy (non-hydrogen) atoms. The van der Waals surface area contributed by atoms with Gasteiger partial charge in [0.15, 0.2) is 17.4 Å². The summed E-state index contributed by atoms with van der Waals surface area (Å²) in [6.07, 6.45) is 1.04. The Bertz CT molecular complexity index is 416. The first-order valence-corrected chi connectivity index (χ1v) is 5.97. The summed E-state index contributed by atoms with van der Waals surface area (Å²) < 4.78 is 31.9. The lowest BCUT2D eigenvalue weighted by atomic mass is 10.1. The van der Waals surface area contributed by atoms with E-state index in [0.29, 0.717) is 18.7 Å². The van der Waals surface area contributed by atoms with E-state index in [0.717, 1.165) is 18.6 Å². The van der Waals surface area contributed by atoms with E-state index >= 15 is 0 Å². The van der Waals surface area contributed by atoms with Crippen LogP contribution in [0.2, 0.25) is 0 Å². The van der Waals surface area contributed by atoms with Gasteiger partial charge in [-0.3, -0.25) is 4.90 Å². The number of likely N-dealkylation sites (N-methyl/N-ethyl adjacent to an activating group) is 1. The lowest BCUT2D eigenvalue weighted by Gasteiger charge is -2.26. The highest BCUT2D eigenvalue weighted by Crippen LogP contribution is 2.24. The van der Waals surface area contributed by atoms with Gasteiger partial charge in [0, 0.05) is 19.2 Å². The van der Waals surface area contributed by atoms with Crippen molar-refractivity contribution in [3.8, 4) is 5.75 Å². The number of rotatable bonds is 3. The van der Waals surface area contributed by atoms with Crippen LogP contribution in [-0.2, 0) is 11.3 Å². The van der Waals surface area contributed by atoms with Gasteiger partial charge in [-0.15, -0.1) is 0 Å². The normalized spacial score (nSPS) is 23.8. The van der Waals surface area contributed by atoms with E-state index in [9.17, 15) is 8.78 Å². The monoisotopic (exact) mass is 257 g/mol. The molecule has 1 fully saturated rings. The van der Waals surface area contributed by atoms with Crippen LogP contribution in [0.25, 0.3) is 0 Å². The molecule has 100 valence electrons. The predicted molar refractivity (Wildman–Crippen MR) is 63.3 cm³/mol. The molecule has 5 heteroatoms. The first-order valence-electron chi connectivity index (χ1n) is 5.97. The molecule has 0 radical (unpaired) electrons. The van der Waals surface area contributed by atoms with Crippen molar-refractivity contribution < 1.29 is 18.6 Å². The number of aromatic hydroxyl groups is 1. The highest BCUT2D eigenvalue weighted by atomic mass is 19.1. The maximum atomic E-state index is 13.2. The Morgan fingerprint density at radius 2 is 2.00 bits per heavy atom. The van der Waals surface area contributed by atoms with Crippen molar-refractivity contribution in [1.82, 2.24) is 4.90 Å². The molecular formula is C13H17F2NO2. The molecule has 2 rings (SSSR count). The fraction of sp³-hybridized carbons (Fsp3) is 0.538. The maximum absolute atomic E-state index is 13.2. The quantitative estimate of drug-likeness (QED) is 0.901. The summed E-state index contributed by atoms with van der Waals surface area (Å²) in [5.74, 6) is -2.76. The van der Waals surface area contributed by atoms with E-state index in [-0.39, 0.29) is 12.1 Å². The highest BCUT2D eigenvalue weighted by molar-refractivity contribution is 5.30. The number of hydrogen-bond acceptors (Lipinski definition) is 3. The van der Waals surface area contributed by atoms with Crippen molar-refractivity contribution in [3.63, 3.8) is 0 Å². The van der Waals surface area contributed by atoms with Gasteiger partial charge in [-0.2, -0.15) is 0 Å². The lowest BCUT2D eigenvalue weighted by Crippen LogP contribution is -2.36. The molecule has 0 aromatic heterocycles. The third-order valence-corrected chi connectivity index (χ3v) is 3.41. The van der Waals surface area contributed by atoms with Crippen LogP contribution in [-0.4, -0.2) is 35.8 Å². The molecule has 0 spiro atoms. The average molecular weight is 257 g/mol. The Hall–Kier alpha value is -1.20. The van der Waals surface area contributed by atoms with Crippen LogP contribution in [0.1, 0.15) is 18.9 Å². The minimum Gasteiger partial charge on any atom is -0.503 e. The number of ether oxygens (including phenoxy) is 1. The molecule has 1 N–H and O–H groups in total. The summed E-state index contributed by atoms with van der Waals surface area (Å²) >= 11 is 0. The molecule has 1 aliphatic heterocycles. The van der Waals surface area contributed by atoms with Crippen molar-refractivity contribution in [2.24, 2.45) is 0 Å². The van der Waals surface area contributed by atoms with E-state index in [1.54, 1.807) is 0 Å². The van der Waals surface area contributed by atoms with Crippen LogP contribution >= 0.6 is 0 Å². The smallest absolute Gasteiger partial charge is 0.187 e. The number of halogens is 2. The molecule has 0 saturated carbocycles. The average Bonchev–Trinajstić information content (AvgIpc) is 2.72. The second-order valence-electron chi connectivity index (χ2n) is 4.76. The van der Waals surface area contributed by atoms with Gasteiger partial charge in [-0.1, -0.05) is 0 Å². The molecule has 1 heterocycles. The minimum absolute atomic E-state index is 0.127. The number of phenolic OH excluding ortho intramolecular Hbond substituents is 1.